The molecule has 0 aromatic heterocycles. The molecule has 2 rings (SSSR count). The average molecular weight is 400 g/mol. The predicted molar refractivity (Wildman–Crippen MR) is 101 cm³/mol. The molecule has 0 atom stereocenters. The van der Waals surface area contributed by atoms with Crippen LogP contribution in [0.3, 0.4) is 0 Å². The minimum absolute atomic E-state index is 0.0803. The van der Waals surface area contributed by atoms with Crippen molar-refractivity contribution >= 4 is 38.9 Å². The van der Waals surface area contributed by atoms with Crippen molar-refractivity contribution < 1.29 is 13.2 Å². The molecular weight excluding hydrogens is 381 g/mol. The first kappa shape index (κ1) is 19.8. The number of benzene rings is 2. The molecule has 0 bridgehead atoms. The van der Waals surface area contributed by atoms with Crippen molar-refractivity contribution in [2.24, 2.45) is 0 Å². The first-order valence-electron chi connectivity index (χ1n) is 7.71. The van der Waals surface area contributed by atoms with Gasteiger partial charge in [-0.3, -0.25) is 4.79 Å². The van der Waals surface area contributed by atoms with Crippen LogP contribution in [0.4, 0.5) is 0 Å². The highest BCUT2D eigenvalue weighted by Gasteiger charge is 2.25. The molecule has 0 heterocycles. The average Bonchev–Trinajstić information content (AvgIpc) is 2.52. The van der Waals surface area contributed by atoms with Gasteiger partial charge in [0.15, 0.2) is 9.84 Å². The standard InChI is InChI=1S/C18H19Cl2NO3S/c1-13(2)21(11-14-4-3-5-16(20)10-14)18(22)12-25(23,24)17-8-6-15(19)7-9-17/h3-10,13H,11-12H2,1-2H3. The summed E-state index contributed by atoms with van der Waals surface area (Å²) in [7, 11) is -3.73. The SMILES string of the molecule is CC(C)N(Cc1cccc(Cl)c1)C(=O)CS(=O)(=O)c1ccc(Cl)cc1. The van der Waals surface area contributed by atoms with Gasteiger partial charge in [0.1, 0.15) is 5.75 Å². The zero-order valence-electron chi connectivity index (χ0n) is 13.9. The van der Waals surface area contributed by atoms with Crippen molar-refractivity contribution in [3.63, 3.8) is 0 Å². The quantitative estimate of drug-likeness (QED) is 0.730. The molecule has 134 valence electrons. The van der Waals surface area contributed by atoms with E-state index in [2.05, 4.69) is 0 Å². The van der Waals surface area contributed by atoms with Crippen LogP contribution in [0.25, 0.3) is 0 Å². The Kier molecular flexibility index (Phi) is 6.49. The van der Waals surface area contributed by atoms with Crippen molar-refractivity contribution in [2.75, 3.05) is 5.75 Å². The lowest BCUT2D eigenvalue weighted by molar-refractivity contribution is -0.130. The van der Waals surface area contributed by atoms with Crippen LogP contribution in [0.5, 0.6) is 0 Å². The number of halogens is 2. The van der Waals surface area contributed by atoms with E-state index >= 15 is 0 Å². The van der Waals surface area contributed by atoms with Gasteiger partial charge in [-0.05, 0) is 55.8 Å². The minimum atomic E-state index is -3.73. The van der Waals surface area contributed by atoms with Crippen molar-refractivity contribution in [3.8, 4) is 0 Å². The Hall–Kier alpha value is -1.56. The second-order valence-corrected chi connectivity index (χ2v) is 8.82. The van der Waals surface area contributed by atoms with Crippen molar-refractivity contribution in [3.05, 3.63) is 64.1 Å². The summed E-state index contributed by atoms with van der Waals surface area (Å²) in [6, 6.07) is 12.8. The lowest BCUT2D eigenvalue weighted by Crippen LogP contribution is -2.40. The molecule has 4 nitrogen and oxygen atoms in total. The van der Waals surface area contributed by atoms with Crippen LogP contribution < -0.4 is 0 Å². The van der Waals surface area contributed by atoms with Gasteiger partial charge in [0.2, 0.25) is 5.91 Å². The van der Waals surface area contributed by atoms with Crippen LogP contribution in [0.2, 0.25) is 10.0 Å². The number of amides is 1. The van der Waals surface area contributed by atoms with Gasteiger partial charge in [-0.15, -0.1) is 0 Å². The molecule has 0 N–H and O–H groups in total. The molecule has 7 heteroatoms. The Morgan fingerprint density at radius 2 is 1.68 bits per heavy atom. The van der Waals surface area contributed by atoms with Gasteiger partial charge in [-0.1, -0.05) is 35.3 Å². The Morgan fingerprint density at radius 3 is 2.24 bits per heavy atom. The van der Waals surface area contributed by atoms with Crippen LogP contribution in [0.15, 0.2) is 53.4 Å². The zero-order chi connectivity index (χ0) is 18.6. The number of carbonyl (C=O) groups excluding carboxylic acids is 1. The molecule has 2 aromatic rings. The van der Waals surface area contributed by atoms with Crippen molar-refractivity contribution in [2.45, 2.75) is 31.3 Å². The lowest BCUT2D eigenvalue weighted by atomic mass is 10.2. The molecule has 0 aliphatic rings. The number of sulfone groups is 1. The molecule has 0 saturated carbocycles. The topological polar surface area (TPSA) is 54.5 Å². The highest BCUT2D eigenvalue weighted by Crippen LogP contribution is 2.18. The fourth-order valence-electron chi connectivity index (χ4n) is 2.36. The van der Waals surface area contributed by atoms with E-state index in [9.17, 15) is 13.2 Å². The summed E-state index contributed by atoms with van der Waals surface area (Å²) in [5.74, 6) is -1.04. The summed E-state index contributed by atoms with van der Waals surface area (Å²) in [6.45, 7) is 3.99. The van der Waals surface area contributed by atoms with Crippen molar-refractivity contribution in [1.82, 2.24) is 4.90 Å². The second-order valence-electron chi connectivity index (χ2n) is 5.96. The third-order valence-electron chi connectivity index (χ3n) is 3.67. The van der Waals surface area contributed by atoms with Crippen molar-refractivity contribution in [1.29, 1.82) is 0 Å². The van der Waals surface area contributed by atoms with Gasteiger partial charge >= 0.3 is 0 Å². The van der Waals surface area contributed by atoms with E-state index in [1.807, 2.05) is 19.9 Å². The van der Waals surface area contributed by atoms with Crippen LogP contribution in [-0.2, 0) is 21.2 Å². The van der Waals surface area contributed by atoms with E-state index < -0.39 is 21.5 Å². The maximum absolute atomic E-state index is 12.6. The third kappa shape index (κ3) is 5.46. The van der Waals surface area contributed by atoms with E-state index in [1.165, 1.54) is 29.2 Å². The van der Waals surface area contributed by atoms with E-state index in [1.54, 1.807) is 18.2 Å². The van der Waals surface area contributed by atoms with Crippen LogP contribution in [0, 0.1) is 0 Å². The maximum atomic E-state index is 12.6. The molecule has 0 saturated heterocycles. The van der Waals surface area contributed by atoms with Gasteiger partial charge < -0.3 is 4.90 Å². The molecule has 0 aliphatic heterocycles. The summed E-state index contributed by atoms with van der Waals surface area (Å²) in [6.07, 6.45) is 0. The number of nitrogens with zero attached hydrogens (tertiary/aromatic N) is 1. The molecule has 2 aromatic carbocycles. The number of rotatable bonds is 6. The molecule has 0 radical (unpaired) electrons. The highest BCUT2D eigenvalue weighted by atomic mass is 35.5. The predicted octanol–water partition coefficient (Wildman–Crippen LogP) is 4.20. The molecule has 0 fully saturated rings. The molecule has 0 aliphatic carbocycles. The normalized spacial score (nSPS) is 11.6. The summed E-state index contributed by atoms with van der Waals surface area (Å²) < 4.78 is 25.0. The van der Waals surface area contributed by atoms with Crippen LogP contribution >= 0.6 is 23.2 Å². The summed E-state index contributed by atoms with van der Waals surface area (Å²) >= 11 is 11.8. The Morgan fingerprint density at radius 1 is 1.04 bits per heavy atom. The monoisotopic (exact) mass is 399 g/mol. The summed E-state index contributed by atoms with van der Waals surface area (Å²) in [4.78, 5) is 14.2. The van der Waals surface area contributed by atoms with Gasteiger partial charge in [0.25, 0.3) is 0 Å². The first-order valence-corrected chi connectivity index (χ1v) is 10.1. The fraction of sp³-hybridized carbons (Fsp3) is 0.278. The number of hydrogen-bond donors (Lipinski definition) is 0. The van der Waals surface area contributed by atoms with Crippen LogP contribution in [0.1, 0.15) is 19.4 Å². The minimum Gasteiger partial charge on any atom is -0.335 e. The van der Waals surface area contributed by atoms with E-state index in [0.717, 1.165) is 5.56 Å². The Bertz CT molecular complexity index is 849. The molecule has 25 heavy (non-hydrogen) atoms. The number of hydrogen-bond acceptors (Lipinski definition) is 3. The molecule has 1 amide bonds. The molecular formula is C18H19Cl2NO3S. The van der Waals surface area contributed by atoms with Gasteiger partial charge in [-0.2, -0.15) is 0 Å². The number of carbonyl (C=O) groups is 1. The molecule has 0 unspecified atom stereocenters. The first-order chi connectivity index (χ1) is 11.7. The van der Waals surface area contributed by atoms with Gasteiger partial charge in [0, 0.05) is 22.6 Å². The van der Waals surface area contributed by atoms with E-state index in [4.69, 9.17) is 23.2 Å². The Balaban J connectivity index is 2.18. The summed E-state index contributed by atoms with van der Waals surface area (Å²) in [5, 5.41) is 1.01. The van der Waals surface area contributed by atoms with Gasteiger partial charge in [0.05, 0.1) is 4.90 Å². The largest absolute Gasteiger partial charge is 0.335 e. The Labute approximate surface area is 158 Å². The zero-order valence-corrected chi connectivity index (χ0v) is 16.3. The van der Waals surface area contributed by atoms with E-state index in [-0.39, 0.29) is 10.9 Å². The lowest BCUT2D eigenvalue weighted by Gasteiger charge is -2.27. The third-order valence-corrected chi connectivity index (χ3v) is 5.78. The fourth-order valence-corrected chi connectivity index (χ4v) is 3.91. The maximum Gasteiger partial charge on any atom is 0.238 e. The smallest absolute Gasteiger partial charge is 0.238 e. The molecule has 0 spiro atoms. The van der Waals surface area contributed by atoms with Gasteiger partial charge in [-0.25, -0.2) is 8.42 Å². The van der Waals surface area contributed by atoms with E-state index in [0.29, 0.717) is 16.6 Å². The van der Waals surface area contributed by atoms with Crippen LogP contribution in [-0.4, -0.2) is 31.0 Å². The second kappa shape index (κ2) is 8.21. The summed E-state index contributed by atoms with van der Waals surface area (Å²) in [5.41, 5.74) is 0.846. The highest BCUT2D eigenvalue weighted by molar-refractivity contribution is 7.92.